The molecular formula is C31H23FN4O3. The normalized spacial score (nSPS) is 11.9. The number of anilines is 1. The number of aromatic amines is 1. The van der Waals surface area contributed by atoms with Gasteiger partial charge in [-0.25, -0.2) is 9.37 Å². The largest absolute Gasteiger partial charge is 0.497 e. The number of nitrogens with zero attached hydrogens (tertiary/aromatic N) is 2. The highest BCUT2D eigenvalue weighted by molar-refractivity contribution is 5.97. The second-order valence-corrected chi connectivity index (χ2v) is 9.04. The molecule has 192 valence electrons. The number of amides is 1. The summed E-state index contributed by atoms with van der Waals surface area (Å²) in [4.78, 5) is 36.0. The van der Waals surface area contributed by atoms with Crippen LogP contribution in [0.1, 0.15) is 11.6 Å². The smallest absolute Gasteiger partial charge is 0.280 e. The first kappa shape index (κ1) is 24.1. The van der Waals surface area contributed by atoms with E-state index < -0.39 is 23.3 Å². The molecule has 0 saturated heterocycles. The van der Waals surface area contributed by atoms with Gasteiger partial charge in [0.15, 0.2) is 5.69 Å². The molecule has 1 unspecified atom stereocenters. The monoisotopic (exact) mass is 518 g/mol. The van der Waals surface area contributed by atoms with Crippen molar-refractivity contribution in [2.45, 2.75) is 6.04 Å². The molecule has 7 nitrogen and oxygen atoms in total. The van der Waals surface area contributed by atoms with E-state index in [1.165, 1.54) is 16.7 Å². The number of fused-ring (bicyclic) bond motifs is 2. The van der Waals surface area contributed by atoms with Crippen molar-refractivity contribution in [1.82, 2.24) is 14.5 Å². The van der Waals surface area contributed by atoms with Crippen LogP contribution in [-0.2, 0) is 4.79 Å². The number of hydrogen-bond acceptors (Lipinski definition) is 4. The van der Waals surface area contributed by atoms with Crippen LogP contribution in [0.5, 0.6) is 5.75 Å². The van der Waals surface area contributed by atoms with Crippen LogP contribution < -0.4 is 15.6 Å². The molecule has 4 aromatic carbocycles. The van der Waals surface area contributed by atoms with Crippen molar-refractivity contribution in [3.8, 4) is 17.1 Å². The molecule has 0 aliphatic carbocycles. The average Bonchev–Trinajstić information content (AvgIpc) is 3.39. The molecule has 0 bridgehead atoms. The van der Waals surface area contributed by atoms with E-state index in [4.69, 9.17) is 4.74 Å². The zero-order valence-corrected chi connectivity index (χ0v) is 20.9. The molecule has 2 heterocycles. The molecule has 0 spiro atoms. The summed E-state index contributed by atoms with van der Waals surface area (Å²) in [5, 5.41) is 3.75. The number of halogens is 1. The predicted molar refractivity (Wildman–Crippen MR) is 149 cm³/mol. The number of ether oxygens (including phenoxy) is 1. The van der Waals surface area contributed by atoms with Gasteiger partial charge in [0.1, 0.15) is 17.6 Å². The molecule has 0 fully saturated rings. The first-order valence-corrected chi connectivity index (χ1v) is 12.3. The predicted octanol–water partition coefficient (Wildman–Crippen LogP) is 5.92. The van der Waals surface area contributed by atoms with Gasteiger partial charge in [-0.1, -0.05) is 48.5 Å². The number of carbonyl (C=O) groups is 1. The molecule has 1 atom stereocenters. The average molecular weight is 519 g/mol. The topological polar surface area (TPSA) is 89.0 Å². The minimum atomic E-state index is -1.32. The van der Waals surface area contributed by atoms with Crippen LogP contribution in [0.3, 0.4) is 0 Å². The molecule has 0 aliphatic heterocycles. The molecule has 0 aliphatic rings. The maximum absolute atomic E-state index is 15.3. The molecule has 1 amide bonds. The fraction of sp³-hybridized carbons (Fsp3) is 0.0645. The van der Waals surface area contributed by atoms with E-state index in [1.807, 2.05) is 30.3 Å². The van der Waals surface area contributed by atoms with Gasteiger partial charge >= 0.3 is 0 Å². The van der Waals surface area contributed by atoms with E-state index in [-0.39, 0.29) is 11.3 Å². The second-order valence-electron chi connectivity index (χ2n) is 9.04. The standard InChI is InChI=1S/C31H23FN4O3/c1-39-21-16-14-20(15-17-21)33-30(37)29(22-9-3-4-10-23(22)32)36-27-13-7-6-12-25(27)35-28(31(36)38)26-18-19-8-2-5-11-24(19)34-26/h2-18,29,34H,1H3,(H,33,37). The molecule has 39 heavy (non-hydrogen) atoms. The number of rotatable bonds is 6. The molecule has 6 aromatic rings. The van der Waals surface area contributed by atoms with Crippen LogP contribution in [-0.4, -0.2) is 27.6 Å². The van der Waals surface area contributed by atoms with Gasteiger partial charge in [-0.15, -0.1) is 0 Å². The number of H-pyrrole nitrogens is 1. The minimum absolute atomic E-state index is 0.0598. The Balaban J connectivity index is 1.58. The number of para-hydroxylation sites is 3. The molecule has 6 rings (SSSR count). The fourth-order valence-electron chi connectivity index (χ4n) is 4.77. The maximum Gasteiger partial charge on any atom is 0.280 e. The van der Waals surface area contributed by atoms with Gasteiger partial charge in [0, 0.05) is 22.2 Å². The Hall–Kier alpha value is -5.24. The van der Waals surface area contributed by atoms with Crippen molar-refractivity contribution in [2.75, 3.05) is 12.4 Å². The molecule has 2 N–H and O–H groups in total. The Labute approximate surface area is 222 Å². The number of carbonyl (C=O) groups excluding carboxylic acids is 1. The van der Waals surface area contributed by atoms with Gasteiger partial charge in [0.2, 0.25) is 0 Å². The zero-order chi connectivity index (χ0) is 26.9. The SMILES string of the molecule is COc1ccc(NC(=O)C(c2ccccc2F)n2c(=O)c(-c3cc4ccccc4[nH]3)nc3ccccc32)cc1. The van der Waals surface area contributed by atoms with Crippen LogP contribution >= 0.6 is 0 Å². The summed E-state index contributed by atoms with van der Waals surface area (Å²) >= 11 is 0. The molecule has 0 radical (unpaired) electrons. The summed E-state index contributed by atoms with van der Waals surface area (Å²) in [6.45, 7) is 0. The van der Waals surface area contributed by atoms with Crippen LogP contribution in [0.4, 0.5) is 10.1 Å². The first-order chi connectivity index (χ1) is 19.0. The number of hydrogen-bond donors (Lipinski definition) is 2. The lowest BCUT2D eigenvalue weighted by Crippen LogP contribution is -2.36. The third-order valence-electron chi connectivity index (χ3n) is 6.64. The quantitative estimate of drug-likeness (QED) is 0.286. The Morgan fingerprint density at radius 1 is 0.949 bits per heavy atom. The van der Waals surface area contributed by atoms with E-state index in [1.54, 1.807) is 67.8 Å². The Kier molecular flexibility index (Phi) is 6.13. The molecule has 2 aromatic heterocycles. The Morgan fingerprint density at radius 3 is 2.44 bits per heavy atom. The molecular weight excluding hydrogens is 495 g/mol. The van der Waals surface area contributed by atoms with Crippen molar-refractivity contribution in [2.24, 2.45) is 0 Å². The third kappa shape index (κ3) is 4.42. The summed E-state index contributed by atoms with van der Waals surface area (Å²) in [5.41, 5.74) is 2.38. The van der Waals surface area contributed by atoms with Crippen molar-refractivity contribution in [3.05, 3.63) is 125 Å². The van der Waals surface area contributed by atoms with E-state index >= 15 is 4.39 Å². The molecule has 0 saturated carbocycles. The number of methoxy groups -OCH3 is 1. The third-order valence-corrected chi connectivity index (χ3v) is 6.64. The lowest BCUT2D eigenvalue weighted by atomic mass is 10.0. The lowest BCUT2D eigenvalue weighted by molar-refractivity contribution is -0.118. The second kappa shape index (κ2) is 9.90. The van der Waals surface area contributed by atoms with Crippen LogP contribution in [0, 0.1) is 5.82 Å². The van der Waals surface area contributed by atoms with E-state index in [2.05, 4.69) is 15.3 Å². The number of nitrogens with one attached hydrogen (secondary N) is 2. The van der Waals surface area contributed by atoms with Gasteiger partial charge in [-0.3, -0.25) is 14.2 Å². The first-order valence-electron chi connectivity index (χ1n) is 12.3. The highest BCUT2D eigenvalue weighted by atomic mass is 19.1. The Bertz CT molecular complexity index is 1860. The minimum Gasteiger partial charge on any atom is -0.497 e. The summed E-state index contributed by atoms with van der Waals surface area (Å²) in [6.07, 6.45) is 0. The summed E-state index contributed by atoms with van der Waals surface area (Å²) in [5.74, 6) is -0.559. The van der Waals surface area contributed by atoms with Gasteiger partial charge in [-0.05, 0) is 54.6 Å². The van der Waals surface area contributed by atoms with Gasteiger partial charge < -0.3 is 15.0 Å². The van der Waals surface area contributed by atoms with Crippen molar-refractivity contribution in [3.63, 3.8) is 0 Å². The highest BCUT2D eigenvalue weighted by Crippen LogP contribution is 2.28. The van der Waals surface area contributed by atoms with Crippen molar-refractivity contribution >= 4 is 33.5 Å². The van der Waals surface area contributed by atoms with Crippen molar-refractivity contribution < 1.29 is 13.9 Å². The van der Waals surface area contributed by atoms with Crippen molar-refractivity contribution in [1.29, 1.82) is 0 Å². The summed E-state index contributed by atoms with van der Waals surface area (Å²) < 4.78 is 21.8. The fourth-order valence-corrected chi connectivity index (χ4v) is 4.77. The zero-order valence-electron chi connectivity index (χ0n) is 20.9. The van der Waals surface area contributed by atoms with Crippen LogP contribution in [0.2, 0.25) is 0 Å². The van der Waals surface area contributed by atoms with E-state index in [0.29, 0.717) is 28.2 Å². The van der Waals surface area contributed by atoms with Gasteiger partial charge in [-0.2, -0.15) is 0 Å². The maximum atomic E-state index is 15.3. The summed E-state index contributed by atoms with van der Waals surface area (Å²) in [7, 11) is 1.55. The van der Waals surface area contributed by atoms with Gasteiger partial charge in [0.05, 0.1) is 23.8 Å². The van der Waals surface area contributed by atoms with E-state index in [0.717, 1.165) is 10.9 Å². The summed E-state index contributed by atoms with van der Waals surface area (Å²) in [6, 6.07) is 27.9. The van der Waals surface area contributed by atoms with Crippen LogP contribution in [0.15, 0.2) is 108 Å². The van der Waals surface area contributed by atoms with Gasteiger partial charge in [0.25, 0.3) is 11.5 Å². The highest BCUT2D eigenvalue weighted by Gasteiger charge is 2.30. The lowest BCUT2D eigenvalue weighted by Gasteiger charge is -2.23. The number of aromatic nitrogens is 3. The molecule has 8 heteroatoms. The van der Waals surface area contributed by atoms with E-state index in [9.17, 15) is 9.59 Å². The number of benzene rings is 4. The van der Waals surface area contributed by atoms with Crippen LogP contribution in [0.25, 0.3) is 33.3 Å². The Morgan fingerprint density at radius 2 is 1.67 bits per heavy atom.